The zero-order valence-electron chi connectivity index (χ0n) is 15.0. The Labute approximate surface area is 161 Å². The van der Waals surface area contributed by atoms with Crippen LogP contribution in [0, 0.1) is 11.3 Å². The summed E-state index contributed by atoms with van der Waals surface area (Å²) in [5.41, 5.74) is 4.80. The molecule has 0 unspecified atom stereocenters. The SMILES string of the molecule is COc1cc(Nc2cc(-c3cn[nH]c3-c3ccccn3)ccn2)ccc1C#N. The minimum Gasteiger partial charge on any atom is -0.495 e. The van der Waals surface area contributed by atoms with E-state index in [1.165, 1.54) is 7.11 Å². The number of ether oxygens (including phenoxy) is 1. The van der Waals surface area contributed by atoms with Crippen molar-refractivity contribution >= 4 is 11.5 Å². The molecule has 3 aromatic heterocycles. The molecule has 0 aliphatic rings. The fourth-order valence-corrected chi connectivity index (χ4v) is 2.89. The average molecular weight is 368 g/mol. The molecule has 7 heteroatoms. The lowest BCUT2D eigenvalue weighted by atomic mass is 10.1. The number of nitriles is 1. The van der Waals surface area contributed by atoms with E-state index >= 15 is 0 Å². The molecule has 7 nitrogen and oxygen atoms in total. The number of nitrogens with zero attached hydrogens (tertiary/aromatic N) is 4. The molecule has 0 bridgehead atoms. The van der Waals surface area contributed by atoms with Crippen LogP contribution in [0.25, 0.3) is 22.5 Å². The molecule has 0 fully saturated rings. The molecule has 0 saturated carbocycles. The summed E-state index contributed by atoms with van der Waals surface area (Å²) in [4.78, 5) is 8.77. The van der Waals surface area contributed by atoms with Gasteiger partial charge in [-0.25, -0.2) is 4.98 Å². The van der Waals surface area contributed by atoms with Gasteiger partial charge in [0.05, 0.1) is 30.3 Å². The molecule has 2 N–H and O–H groups in total. The van der Waals surface area contributed by atoms with Crippen molar-refractivity contribution in [2.75, 3.05) is 12.4 Å². The summed E-state index contributed by atoms with van der Waals surface area (Å²) < 4.78 is 5.26. The molecule has 3 heterocycles. The van der Waals surface area contributed by atoms with Gasteiger partial charge in [-0.3, -0.25) is 10.1 Å². The molecule has 0 spiro atoms. The lowest BCUT2D eigenvalue weighted by Crippen LogP contribution is -1.96. The van der Waals surface area contributed by atoms with Gasteiger partial charge in [0, 0.05) is 29.7 Å². The van der Waals surface area contributed by atoms with Gasteiger partial charge < -0.3 is 10.1 Å². The number of aromatic amines is 1. The second-order valence-corrected chi connectivity index (χ2v) is 5.96. The lowest BCUT2D eigenvalue weighted by Gasteiger charge is -2.10. The Hall–Kier alpha value is -4.18. The zero-order valence-corrected chi connectivity index (χ0v) is 15.0. The van der Waals surface area contributed by atoms with Crippen LogP contribution in [-0.2, 0) is 0 Å². The summed E-state index contributed by atoms with van der Waals surface area (Å²) in [6, 6.07) is 17.0. The number of H-pyrrole nitrogens is 1. The van der Waals surface area contributed by atoms with Gasteiger partial charge >= 0.3 is 0 Å². The van der Waals surface area contributed by atoms with Gasteiger partial charge in [0.15, 0.2) is 0 Å². The third kappa shape index (κ3) is 3.39. The maximum absolute atomic E-state index is 9.12. The van der Waals surface area contributed by atoms with E-state index in [1.807, 2.05) is 36.4 Å². The third-order valence-corrected chi connectivity index (χ3v) is 4.23. The Kier molecular flexibility index (Phi) is 4.68. The van der Waals surface area contributed by atoms with Crippen molar-refractivity contribution in [1.82, 2.24) is 20.2 Å². The molecular weight excluding hydrogens is 352 g/mol. The molecule has 28 heavy (non-hydrogen) atoms. The lowest BCUT2D eigenvalue weighted by molar-refractivity contribution is 0.413. The van der Waals surface area contributed by atoms with Crippen LogP contribution in [0.1, 0.15) is 5.56 Å². The summed E-state index contributed by atoms with van der Waals surface area (Å²) in [6.45, 7) is 0. The number of rotatable bonds is 5. The van der Waals surface area contributed by atoms with Crippen LogP contribution >= 0.6 is 0 Å². The molecule has 4 rings (SSSR count). The molecule has 0 radical (unpaired) electrons. The fourth-order valence-electron chi connectivity index (χ4n) is 2.89. The van der Waals surface area contributed by atoms with Crippen LogP contribution in [0.15, 0.2) is 67.1 Å². The quantitative estimate of drug-likeness (QED) is 0.549. The molecular formula is C21H16N6O. The second-order valence-electron chi connectivity index (χ2n) is 5.96. The Morgan fingerprint density at radius 3 is 2.79 bits per heavy atom. The van der Waals surface area contributed by atoms with E-state index in [0.717, 1.165) is 28.2 Å². The van der Waals surface area contributed by atoms with Crippen LogP contribution in [0.2, 0.25) is 0 Å². The van der Waals surface area contributed by atoms with E-state index in [1.54, 1.807) is 30.7 Å². The largest absolute Gasteiger partial charge is 0.495 e. The monoisotopic (exact) mass is 368 g/mol. The minimum absolute atomic E-state index is 0.480. The fraction of sp³-hybridized carbons (Fsp3) is 0.0476. The van der Waals surface area contributed by atoms with Gasteiger partial charge in [-0.15, -0.1) is 0 Å². The van der Waals surface area contributed by atoms with Crippen molar-refractivity contribution in [2.24, 2.45) is 0 Å². The number of benzene rings is 1. The number of nitrogens with one attached hydrogen (secondary N) is 2. The third-order valence-electron chi connectivity index (χ3n) is 4.23. The van der Waals surface area contributed by atoms with Crippen molar-refractivity contribution in [1.29, 1.82) is 5.26 Å². The molecule has 136 valence electrons. The van der Waals surface area contributed by atoms with Gasteiger partial charge in [-0.05, 0) is 42.0 Å². The highest BCUT2D eigenvalue weighted by Crippen LogP contribution is 2.31. The zero-order chi connectivity index (χ0) is 19.3. The van der Waals surface area contributed by atoms with Crippen molar-refractivity contribution < 1.29 is 4.74 Å². The normalized spacial score (nSPS) is 10.3. The Morgan fingerprint density at radius 1 is 1.07 bits per heavy atom. The molecule has 0 amide bonds. The summed E-state index contributed by atoms with van der Waals surface area (Å²) in [6.07, 6.45) is 5.25. The molecule has 0 aliphatic carbocycles. The van der Waals surface area contributed by atoms with Gasteiger partial charge in [0.25, 0.3) is 0 Å². The topological polar surface area (TPSA) is 99.5 Å². The first-order valence-electron chi connectivity index (χ1n) is 8.55. The number of hydrogen-bond donors (Lipinski definition) is 2. The summed E-state index contributed by atoms with van der Waals surface area (Å²) in [5, 5.41) is 19.6. The van der Waals surface area contributed by atoms with Gasteiger partial charge in [-0.1, -0.05) is 6.07 Å². The standard InChI is InChI=1S/C21H16N6O/c1-28-19-11-16(6-5-15(19)12-22)26-20-10-14(7-9-24-20)17-13-25-27-21(17)18-4-2-3-8-23-18/h2-11,13H,1H3,(H,24,26)(H,25,27). The van der Waals surface area contributed by atoms with E-state index in [0.29, 0.717) is 17.1 Å². The molecule has 0 atom stereocenters. The highest BCUT2D eigenvalue weighted by Gasteiger charge is 2.12. The first-order valence-corrected chi connectivity index (χ1v) is 8.55. The minimum atomic E-state index is 0.480. The predicted molar refractivity (Wildman–Crippen MR) is 106 cm³/mol. The molecule has 0 aliphatic heterocycles. The van der Waals surface area contributed by atoms with Crippen LogP contribution in [0.3, 0.4) is 0 Å². The number of methoxy groups -OCH3 is 1. The van der Waals surface area contributed by atoms with Crippen LogP contribution in [0.4, 0.5) is 11.5 Å². The van der Waals surface area contributed by atoms with Crippen molar-refractivity contribution in [3.8, 4) is 34.3 Å². The Balaban J connectivity index is 1.65. The van der Waals surface area contributed by atoms with Gasteiger partial charge in [0.2, 0.25) is 0 Å². The van der Waals surface area contributed by atoms with Gasteiger partial charge in [0.1, 0.15) is 17.6 Å². The first kappa shape index (κ1) is 17.2. The Morgan fingerprint density at radius 2 is 2.00 bits per heavy atom. The summed E-state index contributed by atoms with van der Waals surface area (Å²) in [5.74, 6) is 1.17. The first-order chi connectivity index (χ1) is 13.8. The highest BCUT2D eigenvalue weighted by atomic mass is 16.5. The summed E-state index contributed by atoms with van der Waals surface area (Å²) in [7, 11) is 1.54. The average Bonchev–Trinajstić information content (AvgIpc) is 3.24. The maximum Gasteiger partial charge on any atom is 0.138 e. The molecule has 4 aromatic rings. The number of hydrogen-bond acceptors (Lipinski definition) is 6. The summed E-state index contributed by atoms with van der Waals surface area (Å²) >= 11 is 0. The van der Waals surface area contributed by atoms with E-state index in [9.17, 15) is 0 Å². The van der Waals surface area contributed by atoms with Crippen molar-refractivity contribution in [3.05, 3.63) is 72.7 Å². The van der Waals surface area contributed by atoms with E-state index in [4.69, 9.17) is 10.00 Å². The van der Waals surface area contributed by atoms with Crippen molar-refractivity contribution in [3.63, 3.8) is 0 Å². The van der Waals surface area contributed by atoms with Crippen LogP contribution in [-0.4, -0.2) is 27.3 Å². The maximum atomic E-state index is 9.12. The van der Waals surface area contributed by atoms with Crippen LogP contribution < -0.4 is 10.1 Å². The highest BCUT2D eigenvalue weighted by molar-refractivity contribution is 5.80. The molecule has 0 saturated heterocycles. The van der Waals surface area contributed by atoms with E-state index in [2.05, 4.69) is 31.6 Å². The Bertz CT molecular complexity index is 1150. The number of aromatic nitrogens is 4. The second kappa shape index (κ2) is 7.60. The number of pyridine rings is 2. The van der Waals surface area contributed by atoms with Crippen molar-refractivity contribution in [2.45, 2.75) is 0 Å². The predicted octanol–water partition coefficient (Wildman–Crippen LogP) is 4.16. The number of anilines is 2. The smallest absolute Gasteiger partial charge is 0.138 e. The molecule has 1 aromatic carbocycles. The van der Waals surface area contributed by atoms with E-state index < -0.39 is 0 Å². The van der Waals surface area contributed by atoms with Crippen LogP contribution in [0.5, 0.6) is 5.75 Å². The van der Waals surface area contributed by atoms with Gasteiger partial charge in [-0.2, -0.15) is 10.4 Å². The van der Waals surface area contributed by atoms with E-state index in [-0.39, 0.29) is 0 Å².